The van der Waals surface area contributed by atoms with Crippen molar-refractivity contribution in [1.29, 1.82) is 0 Å². The minimum atomic E-state index is -0.878. The van der Waals surface area contributed by atoms with Crippen LogP contribution in [0, 0.1) is 5.92 Å². The summed E-state index contributed by atoms with van der Waals surface area (Å²) in [4.78, 5) is 37.2. The van der Waals surface area contributed by atoms with Crippen molar-refractivity contribution in [3.8, 4) is 0 Å². The molecule has 31 heavy (non-hydrogen) atoms. The molecule has 2 aromatic carbocycles. The van der Waals surface area contributed by atoms with Crippen LogP contribution in [0.5, 0.6) is 0 Å². The molecule has 2 amide bonds. The van der Waals surface area contributed by atoms with Crippen molar-refractivity contribution in [1.82, 2.24) is 10.6 Å². The van der Waals surface area contributed by atoms with Crippen molar-refractivity contribution in [3.63, 3.8) is 0 Å². The van der Waals surface area contributed by atoms with Crippen molar-refractivity contribution >= 4 is 18.0 Å². The number of carbonyl (C=O) groups excluding carboxylic acids is 3. The zero-order chi connectivity index (χ0) is 22.6. The fourth-order valence-electron chi connectivity index (χ4n) is 2.77. The first-order chi connectivity index (χ1) is 14.9. The topological polar surface area (TPSA) is 93.7 Å². The Kier molecular flexibility index (Phi) is 9.55. The largest absolute Gasteiger partial charge is 0.459 e. The van der Waals surface area contributed by atoms with Crippen molar-refractivity contribution in [2.75, 3.05) is 0 Å². The van der Waals surface area contributed by atoms with Gasteiger partial charge in [-0.1, -0.05) is 80.9 Å². The van der Waals surface area contributed by atoms with Crippen LogP contribution in [-0.2, 0) is 32.3 Å². The van der Waals surface area contributed by atoms with Gasteiger partial charge in [-0.2, -0.15) is 0 Å². The van der Waals surface area contributed by atoms with Crippen LogP contribution in [-0.4, -0.2) is 30.1 Å². The van der Waals surface area contributed by atoms with Gasteiger partial charge in [0.2, 0.25) is 5.91 Å². The van der Waals surface area contributed by atoms with Crippen LogP contribution in [0.4, 0.5) is 4.79 Å². The highest BCUT2D eigenvalue weighted by molar-refractivity contribution is 5.89. The summed E-state index contributed by atoms with van der Waals surface area (Å²) in [6.45, 7) is 5.55. The molecule has 0 heterocycles. The van der Waals surface area contributed by atoms with Gasteiger partial charge in [0, 0.05) is 0 Å². The second kappa shape index (κ2) is 12.4. The van der Waals surface area contributed by atoms with Crippen LogP contribution in [0.2, 0.25) is 0 Å². The Morgan fingerprint density at radius 1 is 0.806 bits per heavy atom. The number of esters is 1. The van der Waals surface area contributed by atoms with Crippen molar-refractivity contribution in [2.45, 2.75) is 52.5 Å². The van der Waals surface area contributed by atoms with E-state index in [-0.39, 0.29) is 19.1 Å². The van der Waals surface area contributed by atoms with Gasteiger partial charge in [-0.25, -0.2) is 9.59 Å². The summed E-state index contributed by atoms with van der Waals surface area (Å²) >= 11 is 0. The lowest BCUT2D eigenvalue weighted by Crippen LogP contribution is -2.52. The molecule has 7 heteroatoms. The van der Waals surface area contributed by atoms with E-state index in [0.717, 1.165) is 11.1 Å². The predicted molar refractivity (Wildman–Crippen MR) is 117 cm³/mol. The molecule has 2 aromatic rings. The van der Waals surface area contributed by atoms with E-state index in [0.29, 0.717) is 6.42 Å². The molecule has 2 N–H and O–H groups in total. The molecule has 0 aliphatic heterocycles. The molecule has 0 unspecified atom stereocenters. The lowest BCUT2D eigenvalue weighted by atomic mass is 9.99. The van der Waals surface area contributed by atoms with Gasteiger partial charge in [0.1, 0.15) is 25.3 Å². The summed E-state index contributed by atoms with van der Waals surface area (Å²) in [6, 6.07) is 16.9. The highest BCUT2D eigenvalue weighted by atomic mass is 16.5. The summed E-state index contributed by atoms with van der Waals surface area (Å²) < 4.78 is 10.5. The number of rotatable bonds is 10. The van der Waals surface area contributed by atoms with Gasteiger partial charge in [0.15, 0.2) is 0 Å². The molecule has 0 radical (unpaired) electrons. The molecular weight excluding hydrogens is 396 g/mol. The lowest BCUT2D eigenvalue weighted by molar-refractivity contribution is -0.150. The molecule has 0 aliphatic rings. The molecule has 7 nitrogen and oxygen atoms in total. The van der Waals surface area contributed by atoms with Crippen LogP contribution in [0.25, 0.3) is 0 Å². The van der Waals surface area contributed by atoms with E-state index in [2.05, 4.69) is 10.6 Å². The zero-order valence-corrected chi connectivity index (χ0v) is 18.2. The number of hydrogen-bond donors (Lipinski definition) is 2. The lowest BCUT2D eigenvalue weighted by Gasteiger charge is -2.24. The Labute approximate surface area is 183 Å². The molecule has 0 saturated carbocycles. The van der Waals surface area contributed by atoms with E-state index in [9.17, 15) is 14.4 Å². The van der Waals surface area contributed by atoms with Crippen LogP contribution >= 0.6 is 0 Å². The van der Waals surface area contributed by atoms with Gasteiger partial charge in [0.25, 0.3) is 0 Å². The average molecular weight is 427 g/mol. The fraction of sp³-hybridized carbons (Fsp3) is 0.375. The monoisotopic (exact) mass is 426 g/mol. The number of nitrogens with one attached hydrogen (secondary N) is 2. The second-order valence-electron chi connectivity index (χ2n) is 7.39. The van der Waals surface area contributed by atoms with Crippen molar-refractivity contribution in [2.24, 2.45) is 5.92 Å². The smallest absolute Gasteiger partial charge is 0.408 e. The minimum Gasteiger partial charge on any atom is -0.459 e. The molecule has 0 spiro atoms. The second-order valence-corrected chi connectivity index (χ2v) is 7.39. The molecule has 0 saturated heterocycles. The SMILES string of the molecule is CC[C@H](C)[C@H](NC(=O)[C@H](C)NC(=O)OCc1ccccc1)C(=O)OCc1ccccc1. The standard InChI is InChI=1S/C24H30N2O5/c1-4-17(2)21(23(28)30-15-19-11-7-5-8-12-19)26-22(27)18(3)25-24(29)31-16-20-13-9-6-10-14-20/h5-14,17-18,21H,4,15-16H2,1-3H3,(H,25,29)(H,26,27)/t17-,18-,21-/m0/s1. The number of ether oxygens (including phenoxy) is 2. The normalized spacial score (nSPS) is 13.4. The first-order valence-electron chi connectivity index (χ1n) is 10.4. The van der Waals surface area contributed by atoms with E-state index in [1.54, 1.807) is 0 Å². The predicted octanol–water partition coefficient (Wildman–Crippen LogP) is 3.58. The summed E-state index contributed by atoms with van der Waals surface area (Å²) in [5.74, 6) is -1.13. The average Bonchev–Trinajstić information content (AvgIpc) is 2.80. The molecular formula is C24H30N2O5. The Bertz CT molecular complexity index is 842. The van der Waals surface area contributed by atoms with Gasteiger partial charge in [-0.3, -0.25) is 4.79 Å². The minimum absolute atomic E-state index is 0.0995. The quantitative estimate of drug-likeness (QED) is 0.567. The maximum atomic E-state index is 12.6. The van der Waals surface area contributed by atoms with Crippen LogP contribution in [0.1, 0.15) is 38.3 Å². The fourth-order valence-corrected chi connectivity index (χ4v) is 2.77. The molecule has 0 fully saturated rings. The van der Waals surface area contributed by atoms with Crippen LogP contribution in [0.3, 0.4) is 0 Å². The van der Waals surface area contributed by atoms with Crippen LogP contribution < -0.4 is 10.6 Å². The Morgan fingerprint density at radius 2 is 1.32 bits per heavy atom. The zero-order valence-electron chi connectivity index (χ0n) is 18.2. The van der Waals surface area contributed by atoms with E-state index in [1.165, 1.54) is 6.92 Å². The number of benzene rings is 2. The Hall–Kier alpha value is -3.35. The third kappa shape index (κ3) is 8.12. The number of carbonyl (C=O) groups is 3. The Morgan fingerprint density at radius 3 is 1.84 bits per heavy atom. The van der Waals surface area contributed by atoms with Crippen molar-refractivity contribution in [3.05, 3.63) is 71.8 Å². The summed E-state index contributed by atoms with van der Waals surface area (Å²) in [7, 11) is 0. The molecule has 0 aliphatic carbocycles. The van der Waals surface area contributed by atoms with Crippen LogP contribution in [0.15, 0.2) is 60.7 Å². The Balaban J connectivity index is 1.86. The van der Waals surface area contributed by atoms with E-state index < -0.39 is 30.1 Å². The molecule has 2 rings (SSSR count). The summed E-state index contributed by atoms with van der Waals surface area (Å²) in [5.41, 5.74) is 1.70. The van der Waals surface area contributed by atoms with E-state index >= 15 is 0 Å². The first kappa shape index (κ1) is 23.9. The highest BCUT2D eigenvalue weighted by Gasteiger charge is 2.29. The van der Waals surface area contributed by atoms with Gasteiger partial charge >= 0.3 is 12.1 Å². The van der Waals surface area contributed by atoms with Crippen molar-refractivity contribution < 1.29 is 23.9 Å². The number of amides is 2. The van der Waals surface area contributed by atoms with Gasteiger partial charge in [0.05, 0.1) is 0 Å². The molecule has 0 aromatic heterocycles. The molecule has 0 bridgehead atoms. The van der Waals surface area contributed by atoms with Gasteiger partial charge in [-0.05, 0) is 24.0 Å². The third-order valence-corrected chi connectivity index (χ3v) is 4.93. The highest BCUT2D eigenvalue weighted by Crippen LogP contribution is 2.12. The molecule has 3 atom stereocenters. The maximum absolute atomic E-state index is 12.6. The molecule has 166 valence electrons. The maximum Gasteiger partial charge on any atom is 0.408 e. The first-order valence-corrected chi connectivity index (χ1v) is 10.4. The van der Waals surface area contributed by atoms with Gasteiger partial charge < -0.3 is 20.1 Å². The van der Waals surface area contributed by atoms with Gasteiger partial charge in [-0.15, -0.1) is 0 Å². The van der Waals surface area contributed by atoms with E-state index in [4.69, 9.17) is 9.47 Å². The summed E-state index contributed by atoms with van der Waals surface area (Å²) in [6.07, 6.45) is -0.0370. The number of alkyl carbamates (subject to hydrolysis) is 1. The third-order valence-electron chi connectivity index (χ3n) is 4.93. The summed E-state index contributed by atoms with van der Waals surface area (Å²) in [5, 5.41) is 5.18. The van der Waals surface area contributed by atoms with E-state index in [1.807, 2.05) is 74.5 Å². The number of hydrogen-bond acceptors (Lipinski definition) is 5.